The van der Waals surface area contributed by atoms with E-state index in [0.29, 0.717) is 11.8 Å². The Balaban J connectivity index is 1.88. The number of hydrogen-bond donors (Lipinski definition) is 0. The molecule has 0 N–H and O–H groups in total. The van der Waals surface area contributed by atoms with E-state index >= 15 is 0 Å². The van der Waals surface area contributed by atoms with E-state index in [1.807, 2.05) is 6.92 Å². The maximum Gasteiger partial charge on any atom is 0.138 e. The second-order valence-electron chi connectivity index (χ2n) is 4.46. The third kappa shape index (κ3) is 2.15. The standard InChI is InChI=1S/C11H19NO2/c1-9-8-12(5-2-11(9)13)10-3-6-14-7-4-10/h9-10H,2-8H2,1H3. The minimum Gasteiger partial charge on any atom is -0.381 e. The van der Waals surface area contributed by atoms with Crippen LogP contribution in [0.4, 0.5) is 0 Å². The van der Waals surface area contributed by atoms with Gasteiger partial charge in [-0.1, -0.05) is 6.92 Å². The molecule has 0 aromatic carbocycles. The van der Waals surface area contributed by atoms with Gasteiger partial charge >= 0.3 is 0 Å². The molecule has 2 fully saturated rings. The highest BCUT2D eigenvalue weighted by atomic mass is 16.5. The molecule has 0 bridgehead atoms. The number of hydrogen-bond acceptors (Lipinski definition) is 3. The van der Waals surface area contributed by atoms with Crippen LogP contribution in [0.15, 0.2) is 0 Å². The van der Waals surface area contributed by atoms with Gasteiger partial charge in [0, 0.05) is 44.7 Å². The summed E-state index contributed by atoms with van der Waals surface area (Å²) in [7, 11) is 0. The van der Waals surface area contributed by atoms with Crippen molar-refractivity contribution in [1.82, 2.24) is 4.90 Å². The number of carbonyl (C=O) groups excluding carboxylic acids is 1. The molecule has 3 heteroatoms. The van der Waals surface area contributed by atoms with Crippen LogP contribution in [-0.4, -0.2) is 43.0 Å². The summed E-state index contributed by atoms with van der Waals surface area (Å²) in [5, 5.41) is 0. The smallest absolute Gasteiger partial charge is 0.138 e. The lowest BCUT2D eigenvalue weighted by Gasteiger charge is -2.38. The summed E-state index contributed by atoms with van der Waals surface area (Å²) in [6.45, 7) is 5.76. The van der Waals surface area contributed by atoms with E-state index in [9.17, 15) is 4.79 Å². The van der Waals surface area contributed by atoms with Gasteiger partial charge in [0.1, 0.15) is 5.78 Å². The van der Waals surface area contributed by atoms with E-state index in [1.165, 1.54) is 0 Å². The van der Waals surface area contributed by atoms with Crippen molar-refractivity contribution >= 4 is 5.78 Å². The number of ether oxygens (including phenoxy) is 1. The molecule has 0 aromatic rings. The summed E-state index contributed by atoms with van der Waals surface area (Å²) in [4.78, 5) is 13.9. The van der Waals surface area contributed by atoms with E-state index in [2.05, 4.69) is 4.90 Å². The minimum atomic E-state index is 0.242. The number of nitrogens with zero attached hydrogens (tertiary/aromatic N) is 1. The average Bonchev–Trinajstić information content (AvgIpc) is 2.23. The Morgan fingerprint density at radius 1 is 1.36 bits per heavy atom. The first kappa shape index (κ1) is 10.1. The zero-order valence-corrected chi connectivity index (χ0v) is 8.87. The largest absolute Gasteiger partial charge is 0.381 e. The first-order valence-electron chi connectivity index (χ1n) is 5.62. The van der Waals surface area contributed by atoms with Gasteiger partial charge in [0.2, 0.25) is 0 Å². The average molecular weight is 197 g/mol. The van der Waals surface area contributed by atoms with Gasteiger partial charge in [-0.2, -0.15) is 0 Å². The van der Waals surface area contributed by atoms with E-state index < -0.39 is 0 Å². The lowest BCUT2D eigenvalue weighted by atomic mass is 9.95. The zero-order chi connectivity index (χ0) is 9.97. The molecule has 0 aromatic heterocycles. The third-order valence-corrected chi connectivity index (χ3v) is 3.41. The molecule has 2 aliphatic heterocycles. The van der Waals surface area contributed by atoms with E-state index in [1.54, 1.807) is 0 Å². The molecule has 0 amide bonds. The number of carbonyl (C=O) groups is 1. The predicted molar refractivity (Wildman–Crippen MR) is 54.2 cm³/mol. The molecular weight excluding hydrogens is 178 g/mol. The van der Waals surface area contributed by atoms with Crippen molar-refractivity contribution in [2.24, 2.45) is 5.92 Å². The molecule has 14 heavy (non-hydrogen) atoms. The highest BCUT2D eigenvalue weighted by molar-refractivity contribution is 5.81. The van der Waals surface area contributed by atoms with Crippen molar-refractivity contribution in [2.75, 3.05) is 26.3 Å². The van der Waals surface area contributed by atoms with Crippen LogP contribution >= 0.6 is 0 Å². The van der Waals surface area contributed by atoms with Gasteiger partial charge in [-0.3, -0.25) is 9.69 Å². The molecule has 2 aliphatic rings. The van der Waals surface area contributed by atoms with Gasteiger partial charge in [0.25, 0.3) is 0 Å². The minimum absolute atomic E-state index is 0.242. The van der Waals surface area contributed by atoms with Crippen molar-refractivity contribution in [3.05, 3.63) is 0 Å². The summed E-state index contributed by atoms with van der Waals surface area (Å²) in [6, 6.07) is 0.666. The second-order valence-corrected chi connectivity index (χ2v) is 4.46. The third-order valence-electron chi connectivity index (χ3n) is 3.41. The van der Waals surface area contributed by atoms with Crippen LogP contribution in [0.2, 0.25) is 0 Å². The number of rotatable bonds is 1. The highest BCUT2D eigenvalue weighted by Gasteiger charge is 2.29. The van der Waals surface area contributed by atoms with Crippen LogP contribution in [-0.2, 0) is 9.53 Å². The molecular formula is C11H19NO2. The SMILES string of the molecule is CC1CN(C2CCOCC2)CCC1=O. The summed E-state index contributed by atoms with van der Waals surface area (Å²) >= 11 is 0. The molecule has 0 saturated carbocycles. The molecule has 0 radical (unpaired) electrons. The van der Waals surface area contributed by atoms with Crippen LogP contribution in [0.3, 0.4) is 0 Å². The molecule has 3 nitrogen and oxygen atoms in total. The van der Waals surface area contributed by atoms with Gasteiger partial charge < -0.3 is 4.74 Å². The van der Waals surface area contributed by atoms with E-state index in [0.717, 1.165) is 45.6 Å². The fourth-order valence-electron chi connectivity index (χ4n) is 2.43. The highest BCUT2D eigenvalue weighted by Crippen LogP contribution is 2.20. The number of Topliss-reactive ketones (excluding diaryl/α,β-unsaturated/α-hetero) is 1. The lowest BCUT2D eigenvalue weighted by Crippen LogP contribution is -2.47. The fraction of sp³-hybridized carbons (Fsp3) is 0.909. The Bertz CT molecular complexity index is 211. The molecule has 2 rings (SSSR count). The Hall–Kier alpha value is -0.410. The molecule has 2 heterocycles. The number of piperidine rings is 1. The van der Waals surface area contributed by atoms with Crippen LogP contribution in [0.25, 0.3) is 0 Å². The van der Waals surface area contributed by atoms with Crippen molar-refractivity contribution in [1.29, 1.82) is 0 Å². The quantitative estimate of drug-likeness (QED) is 0.630. The van der Waals surface area contributed by atoms with Crippen LogP contribution < -0.4 is 0 Å². The second kappa shape index (κ2) is 4.41. The Labute approximate surface area is 85.4 Å². The van der Waals surface area contributed by atoms with Crippen LogP contribution in [0.1, 0.15) is 26.2 Å². The Morgan fingerprint density at radius 3 is 2.71 bits per heavy atom. The van der Waals surface area contributed by atoms with E-state index in [-0.39, 0.29) is 5.92 Å². The zero-order valence-electron chi connectivity index (χ0n) is 8.87. The van der Waals surface area contributed by atoms with Gasteiger partial charge in [-0.05, 0) is 12.8 Å². The monoisotopic (exact) mass is 197 g/mol. The summed E-state index contributed by atoms with van der Waals surface area (Å²) in [5.41, 5.74) is 0. The summed E-state index contributed by atoms with van der Waals surface area (Å²) in [6.07, 6.45) is 3.03. The lowest BCUT2D eigenvalue weighted by molar-refractivity contribution is -0.126. The molecule has 0 spiro atoms. The van der Waals surface area contributed by atoms with Gasteiger partial charge in [-0.15, -0.1) is 0 Å². The Kier molecular flexibility index (Phi) is 3.19. The van der Waals surface area contributed by atoms with Gasteiger partial charge in [-0.25, -0.2) is 0 Å². The van der Waals surface area contributed by atoms with Crippen molar-refractivity contribution in [3.8, 4) is 0 Å². The summed E-state index contributed by atoms with van der Waals surface area (Å²) < 4.78 is 5.34. The molecule has 2 saturated heterocycles. The first-order valence-corrected chi connectivity index (χ1v) is 5.62. The predicted octanol–water partition coefficient (Wildman–Crippen LogP) is 1.08. The van der Waals surface area contributed by atoms with Crippen molar-refractivity contribution in [2.45, 2.75) is 32.2 Å². The van der Waals surface area contributed by atoms with Crippen molar-refractivity contribution < 1.29 is 9.53 Å². The maximum absolute atomic E-state index is 11.4. The fourth-order valence-corrected chi connectivity index (χ4v) is 2.43. The number of likely N-dealkylation sites (tertiary alicyclic amines) is 1. The van der Waals surface area contributed by atoms with Crippen LogP contribution in [0.5, 0.6) is 0 Å². The normalized spacial score (nSPS) is 32.1. The summed E-state index contributed by atoms with van der Waals surface area (Å²) in [5.74, 6) is 0.680. The maximum atomic E-state index is 11.4. The van der Waals surface area contributed by atoms with Gasteiger partial charge in [0.05, 0.1) is 0 Å². The van der Waals surface area contributed by atoms with E-state index in [4.69, 9.17) is 4.74 Å². The van der Waals surface area contributed by atoms with Crippen molar-refractivity contribution in [3.63, 3.8) is 0 Å². The topological polar surface area (TPSA) is 29.5 Å². The van der Waals surface area contributed by atoms with Crippen LogP contribution in [0, 0.1) is 5.92 Å². The molecule has 80 valence electrons. The molecule has 1 unspecified atom stereocenters. The van der Waals surface area contributed by atoms with Gasteiger partial charge in [0.15, 0.2) is 0 Å². The molecule has 1 atom stereocenters. The number of ketones is 1. The first-order chi connectivity index (χ1) is 6.77. The Morgan fingerprint density at radius 2 is 2.07 bits per heavy atom. The molecule has 0 aliphatic carbocycles.